The molecule has 2 unspecified atom stereocenters. The van der Waals surface area contributed by atoms with Gasteiger partial charge >= 0.3 is 0 Å². The van der Waals surface area contributed by atoms with Crippen molar-refractivity contribution in [2.24, 2.45) is 5.92 Å². The van der Waals surface area contributed by atoms with Gasteiger partial charge in [0.05, 0.1) is 28.3 Å². The molecule has 1 aliphatic heterocycles. The Morgan fingerprint density at radius 3 is 2.60 bits per heavy atom. The summed E-state index contributed by atoms with van der Waals surface area (Å²) in [5, 5.41) is 0.638. The minimum Gasteiger partial charge on any atom is -0.494 e. The largest absolute Gasteiger partial charge is 0.494 e. The van der Waals surface area contributed by atoms with Gasteiger partial charge in [0, 0.05) is 18.7 Å². The van der Waals surface area contributed by atoms with E-state index in [1.165, 1.54) is 16.1 Å². The van der Waals surface area contributed by atoms with Crippen LogP contribution in [0.2, 0.25) is 0 Å². The smallest absolute Gasteiger partial charge is 0.244 e. The first-order chi connectivity index (χ1) is 16.6. The molecule has 1 saturated heterocycles. The molecule has 2 atom stereocenters. The minimum absolute atomic E-state index is 0.0719. The Labute approximate surface area is 211 Å². The number of fused-ring (bicyclic) bond motifs is 1. The molecule has 10 heteroatoms. The third-order valence-electron chi connectivity index (χ3n) is 6.09. The molecule has 0 saturated carbocycles. The van der Waals surface area contributed by atoms with E-state index in [1.807, 2.05) is 52.8 Å². The Morgan fingerprint density at radius 1 is 1.23 bits per heavy atom. The zero-order chi connectivity index (χ0) is 25.3. The fourth-order valence-corrected chi connectivity index (χ4v) is 7.03. The molecule has 0 radical (unpaired) electrons. The number of imidazole rings is 1. The van der Waals surface area contributed by atoms with E-state index in [9.17, 15) is 13.2 Å². The monoisotopic (exact) mass is 516 g/mol. The van der Waals surface area contributed by atoms with E-state index in [0.29, 0.717) is 11.8 Å². The van der Waals surface area contributed by atoms with Gasteiger partial charge in [-0.3, -0.25) is 4.79 Å². The number of benzene rings is 2. The predicted molar refractivity (Wildman–Crippen MR) is 138 cm³/mol. The van der Waals surface area contributed by atoms with Gasteiger partial charge in [-0.2, -0.15) is 4.31 Å². The fourth-order valence-electron chi connectivity index (χ4n) is 4.48. The fraction of sp³-hybridized carbons (Fsp3) is 0.440. The third-order valence-corrected chi connectivity index (χ3v) is 8.79. The summed E-state index contributed by atoms with van der Waals surface area (Å²) in [7, 11) is -3.74. The number of hydrogen-bond acceptors (Lipinski definition) is 6. The number of aromatic nitrogens is 2. The van der Waals surface area contributed by atoms with Crippen molar-refractivity contribution in [2.45, 2.75) is 56.9 Å². The molecule has 1 fully saturated rings. The van der Waals surface area contributed by atoms with Crippen LogP contribution in [0.15, 0.2) is 52.5 Å². The van der Waals surface area contributed by atoms with Gasteiger partial charge in [0.2, 0.25) is 15.9 Å². The maximum atomic E-state index is 13.5. The molecule has 1 N–H and O–H groups in total. The Balaban J connectivity index is 1.51. The maximum absolute atomic E-state index is 13.5. The summed E-state index contributed by atoms with van der Waals surface area (Å²) in [5.74, 6) is 0.733. The number of nitrogens with one attached hydrogen (secondary N) is 1. The van der Waals surface area contributed by atoms with Crippen molar-refractivity contribution < 1.29 is 17.9 Å². The van der Waals surface area contributed by atoms with Gasteiger partial charge in [0.1, 0.15) is 11.9 Å². The maximum Gasteiger partial charge on any atom is 0.244 e. The van der Waals surface area contributed by atoms with Gasteiger partial charge in [-0.15, -0.1) is 0 Å². The summed E-state index contributed by atoms with van der Waals surface area (Å²) in [5.41, 5.74) is 2.64. The molecule has 4 rings (SSSR count). The standard InChI is InChI=1S/C25H32N4O4S2/c1-6-33-19-9-12-21-22(13-19)27-25(26-21)34-15-23(30)29-18(5)14-28(24(29)16(2)3)35(31,32)20-10-7-17(4)8-11-20/h7-13,16,18,24H,6,14-15H2,1-5H3,(H,26,27). The molecule has 1 amide bonds. The summed E-state index contributed by atoms with van der Waals surface area (Å²) in [4.78, 5) is 23.1. The summed E-state index contributed by atoms with van der Waals surface area (Å²) in [6.45, 7) is 10.5. The zero-order valence-electron chi connectivity index (χ0n) is 20.7. The van der Waals surface area contributed by atoms with Crippen molar-refractivity contribution >= 4 is 38.7 Å². The number of sulfonamides is 1. The minimum atomic E-state index is -3.74. The van der Waals surface area contributed by atoms with Gasteiger partial charge < -0.3 is 14.6 Å². The van der Waals surface area contributed by atoms with E-state index in [0.717, 1.165) is 22.3 Å². The number of rotatable bonds is 8. The van der Waals surface area contributed by atoms with Crippen LogP contribution in [0, 0.1) is 12.8 Å². The van der Waals surface area contributed by atoms with Crippen LogP contribution in [0.1, 0.15) is 33.3 Å². The second-order valence-electron chi connectivity index (χ2n) is 9.14. The Hall–Kier alpha value is -2.56. The average molecular weight is 517 g/mol. The van der Waals surface area contributed by atoms with Crippen LogP contribution in [0.25, 0.3) is 11.0 Å². The molecule has 0 bridgehead atoms. The van der Waals surface area contributed by atoms with E-state index in [-0.39, 0.29) is 35.1 Å². The second kappa shape index (κ2) is 10.2. The molecule has 188 valence electrons. The molecule has 1 aliphatic rings. The number of hydrogen-bond donors (Lipinski definition) is 1. The zero-order valence-corrected chi connectivity index (χ0v) is 22.3. The molecule has 0 aliphatic carbocycles. The van der Waals surface area contributed by atoms with Crippen molar-refractivity contribution in [3.8, 4) is 5.75 Å². The molecule has 2 aromatic carbocycles. The lowest BCUT2D eigenvalue weighted by Crippen LogP contribution is -2.49. The number of aryl methyl sites for hydroxylation is 1. The van der Waals surface area contributed by atoms with Crippen LogP contribution in [0.5, 0.6) is 5.75 Å². The summed E-state index contributed by atoms with van der Waals surface area (Å²) in [6.07, 6.45) is -0.547. The summed E-state index contributed by atoms with van der Waals surface area (Å²) in [6, 6.07) is 12.3. The van der Waals surface area contributed by atoms with E-state index >= 15 is 0 Å². The second-order valence-corrected chi connectivity index (χ2v) is 12.0. The van der Waals surface area contributed by atoms with Crippen molar-refractivity contribution in [1.82, 2.24) is 19.2 Å². The number of H-pyrrole nitrogens is 1. The van der Waals surface area contributed by atoms with Gasteiger partial charge in [0.15, 0.2) is 5.16 Å². The number of carbonyl (C=O) groups is 1. The van der Waals surface area contributed by atoms with Gasteiger partial charge in [-0.25, -0.2) is 13.4 Å². The molecular formula is C25H32N4O4S2. The topological polar surface area (TPSA) is 95.6 Å². The van der Waals surface area contributed by atoms with Crippen molar-refractivity contribution in [2.75, 3.05) is 18.9 Å². The number of aromatic amines is 1. The van der Waals surface area contributed by atoms with E-state index in [1.54, 1.807) is 29.2 Å². The normalized spacial score (nSPS) is 19.1. The summed E-state index contributed by atoms with van der Waals surface area (Å²) >= 11 is 1.32. The third kappa shape index (κ3) is 5.19. The van der Waals surface area contributed by atoms with Gasteiger partial charge in [0.25, 0.3) is 0 Å². The molecule has 3 aromatic rings. The lowest BCUT2D eigenvalue weighted by atomic mass is 10.1. The lowest BCUT2D eigenvalue weighted by molar-refractivity contribution is -0.132. The first-order valence-corrected chi connectivity index (χ1v) is 14.2. The molecule has 35 heavy (non-hydrogen) atoms. The van der Waals surface area contributed by atoms with Crippen molar-refractivity contribution in [3.05, 3.63) is 48.0 Å². The Morgan fingerprint density at radius 2 is 1.94 bits per heavy atom. The molecule has 0 spiro atoms. The van der Waals surface area contributed by atoms with Crippen LogP contribution in [0.3, 0.4) is 0 Å². The number of nitrogens with zero attached hydrogens (tertiary/aromatic N) is 3. The van der Waals surface area contributed by atoms with Crippen molar-refractivity contribution in [1.29, 1.82) is 0 Å². The molecule has 2 heterocycles. The van der Waals surface area contributed by atoms with E-state index in [2.05, 4.69) is 9.97 Å². The van der Waals surface area contributed by atoms with E-state index in [4.69, 9.17) is 4.74 Å². The lowest BCUT2D eigenvalue weighted by Gasteiger charge is -2.33. The van der Waals surface area contributed by atoms with E-state index < -0.39 is 16.2 Å². The Kier molecular flexibility index (Phi) is 7.44. The molecular weight excluding hydrogens is 484 g/mol. The number of amides is 1. The highest BCUT2D eigenvalue weighted by molar-refractivity contribution is 7.99. The van der Waals surface area contributed by atoms with Crippen LogP contribution in [-0.4, -0.2) is 64.6 Å². The number of ether oxygens (including phenoxy) is 1. The first-order valence-electron chi connectivity index (χ1n) is 11.8. The predicted octanol–water partition coefficient (Wildman–Crippen LogP) is 4.27. The van der Waals surface area contributed by atoms with Gasteiger partial charge in [-0.05, 0) is 51.0 Å². The SMILES string of the molecule is CCOc1ccc2nc(SCC(=O)N3C(C)CN(S(=O)(=O)c4ccc(C)cc4)C3C(C)C)[nH]c2c1. The number of carbonyl (C=O) groups excluding carboxylic acids is 1. The van der Waals surface area contributed by atoms with Crippen LogP contribution >= 0.6 is 11.8 Å². The molecule has 1 aromatic heterocycles. The quantitative estimate of drug-likeness (QED) is 0.450. The summed E-state index contributed by atoms with van der Waals surface area (Å²) < 4.78 is 34.0. The number of thioether (sulfide) groups is 1. The molecule has 8 nitrogen and oxygen atoms in total. The highest BCUT2D eigenvalue weighted by atomic mass is 32.2. The van der Waals surface area contributed by atoms with Crippen molar-refractivity contribution in [3.63, 3.8) is 0 Å². The highest BCUT2D eigenvalue weighted by Gasteiger charge is 2.47. The Bertz CT molecular complexity index is 1300. The highest BCUT2D eigenvalue weighted by Crippen LogP contribution is 2.33. The van der Waals surface area contributed by atoms with Crippen LogP contribution < -0.4 is 4.74 Å². The average Bonchev–Trinajstić information content (AvgIpc) is 3.38. The van der Waals surface area contributed by atoms with Gasteiger partial charge in [-0.1, -0.05) is 43.3 Å². The van der Waals surface area contributed by atoms with Crippen LogP contribution in [0.4, 0.5) is 0 Å². The first kappa shape index (κ1) is 25.5. The van der Waals surface area contributed by atoms with Crippen LogP contribution in [-0.2, 0) is 14.8 Å².